The summed E-state index contributed by atoms with van der Waals surface area (Å²) in [5.41, 5.74) is 6.52. The van der Waals surface area contributed by atoms with Crippen molar-refractivity contribution < 1.29 is 23.9 Å². The molecule has 3 atom stereocenters. The molecular formula is C24H33N5O5. The van der Waals surface area contributed by atoms with Crippen LogP contribution >= 0.6 is 0 Å². The Bertz CT molecular complexity index is 1060. The van der Waals surface area contributed by atoms with Crippen LogP contribution in [-0.2, 0) is 14.4 Å². The summed E-state index contributed by atoms with van der Waals surface area (Å²) in [7, 11) is 0. The molecule has 184 valence electrons. The van der Waals surface area contributed by atoms with Crippen LogP contribution in [0.1, 0.15) is 50.5 Å². The Balaban J connectivity index is 1.74. The third-order valence-corrected chi connectivity index (χ3v) is 5.84. The highest BCUT2D eigenvalue weighted by molar-refractivity contribution is 6.01. The highest BCUT2D eigenvalue weighted by atomic mass is 16.5. The van der Waals surface area contributed by atoms with E-state index in [2.05, 4.69) is 20.9 Å². The lowest BCUT2D eigenvalue weighted by Crippen LogP contribution is -2.54. The third kappa shape index (κ3) is 6.06. The first-order chi connectivity index (χ1) is 16.2. The van der Waals surface area contributed by atoms with Gasteiger partial charge in [0.15, 0.2) is 0 Å². The molecule has 2 aromatic rings. The predicted octanol–water partition coefficient (Wildman–Crippen LogP) is 1.21. The Hall–Kier alpha value is -3.56. The fourth-order valence-corrected chi connectivity index (χ4v) is 4.14. The van der Waals surface area contributed by atoms with E-state index in [1.54, 1.807) is 6.07 Å². The van der Waals surface area contributed by atoms with Crippen LogP contribution in [0.25, 0.3) is 10.9 Å². The molecule has 3 rings (SSSR count). The zero-order valence-corrected chi connectivity index (χ0v) is 19.8. The van der Waals surface area contributed by atoms with Crippen molar-refractivity contribution in [2.24, 2.45) is 17.6 Å². The second-order valence-electron chi connectivity index (χ2n) is 8.96. The molecule has 0 spiro atoms. The number of nitrogens with one attached hydrogen (secondary N) is 4. The number of H-pyrrole nitrogens is 1. The van der Waals surface area contributed by atoms with E-state index < -0.39 is 29.8 Å². The van der Waals surface area contributed by atoms with Crippen molar-refractivity contribution in [2.75, 3.05) is 13.2 Å². The minimum atomic E-state index is -1.00. The normalized spacial score (nSPS) is 17.3. The maximum absolute atomic E-state index is 13.1. The molecule has 10 heteroatoms. The number of aromatic amines is 1. The molecule has 0 radical (unpaired) electrons. The van der Waals surface area contributed by atoms with Gasteiger partial charge in [0.05, 0.1) is 6.61 Å². The van der Waals surface area contributed by atoms with Gasteiger partial charge in [-0.15, -0.1) is 0 Å². The van der Waals surface area contributed by atoms with Gasteiger partial charge in [-0.25, -0.2) is 0 Å². The van der Waals surface area contributed by atoms with E-state index in [0.29, 0.717) is 31.7 Å². The molecule has 0 saturated carbocycles. The minimum Gasteiger partial charge on any atom is -0.493 e. The molecule has 1 fully saturated rings. The van der Waals surface area contributed by atoms with Crippen LogP contribution in [0.4, 0.5) is 0 Å². The van der Waals surface area contributed by atoms with Crippen LogP contribution in [-0.4, -0.2) is 53.8 Å². The lowest BCUT2D eigenvalue weighted by atomic mass is 9.97. The van der Waals surface area contributed by atoms with Gasteiger partial charge >= 0.3 is 0 Å². The van der Waals surface area contributed by atoms with Gasteiger partial charge in [-0.05, 0) is 50.3 Å². The number of hydrogen-bond acceptors (Lipinski definition) is 5. The van der Waals surface area contributed by atoms with Crippen molar-refractivity contribution in [3.05, 3.63) is 30.0 Å². The number of carbonyl (C=O) groups excluding carboxylic acids is 4. The van der Waals surface area contributed by atoms with Crippen LogP contribution in [0.2, 0.25) is 0 Å². The second-order valence-corrected chi connectivity index (χ2v) is 8.96. The number of fused-ring (bicyclic) bond motifs is 1. The van der Waals surface area contributed by atoms with Gasteiger partial charge in [-0.3, -0.25) is 19.2 Å². The van der Waals surface area contributed by atoms with Gasteiger partial charge in [0, 0.05) is 23.4 Å². The summed E-state index contributed by atoms with van der Waals surface area (Å²) < 4.78 is 5.62. The zero-order valence-electron chi connectivity index (χ0n) is 19.8. The SMILES string of the molecule is CCOc1cccc2[nH]c(C(=O)N[C@@H](CC(C)C)C(=O)N[C@@H](C[C@@H]3CCNC3=O)C(N)=O)cc12. The molecule has 1 saturated heterocycles. The summed E-state index contributed by atoms with van der Waals surface area (Å²) in [5, 5.41) is 8.89. The van der Waals surface area contributed by atoms with Crippen molar-refractivity contribution in [1.82, 2.24) is 20.9 Å². The Labute approximate surface area is 198 Å². The molecule has 2 heterocycles. The third-order valence-electron chi connectivity index (χ3n) is 5.84. The number of primary amides is 1. The van der Waals surface area contributed by atoms with Crippen LogP contribution in [0.3, 0.4) is 0 Å². The Morgan fingerprint density at radius 2 is 1.97 bits per heavy atom. The molecule has 1 aliphatic rings. The quantitative estimate of drug-likeness (QED) is 0.333. The van der Waals surface area contributed by atoms with Crippen molar-refractivity contribution >= 4 is 34.5 Å². The van der Waals surface area contributed by atoms with Crippen molar-refractivity contribution in [2.45, 2.75) is 52.1 Å². The maximum Gasteiger partial charge on any atom is 0.268 e. The van der Waals surface area contributed by atoms with Crippen molar-refractivity contribution in [3.63, 3.8) is 0 Å². The molecule has 4 amide bonds. The molecule has 6 N–H and O–H groups in total. The lowest BCUT2D eigenvalue weighted by Gasteiger charge is -2.24. The monoisotopic (exact) mass is 471 g/mol. The van der Waals surface area contributed by atoms with E-state index in [4.69, 9.17) is 10.5 Å². The largest absolute Gasteiger partial charge is 0.493 e. The van der Waals surface area contributed by atoms with E-state index in [-0.39, 0.29) is 29.9 Å². The summed E-state index contributed by atoms with van der Waals surface area (Å²) >= 11 is 0. The van der Waals surface area contributed by atoms with E-state index in [1.807, 2.05) is 39.0 Å². The maximum atomic E-state index is 13.1. The molecular weight excluding hydrogens is 438 g/mol. The van der Waals surface area contributed by atoms with Crippen LogP contribution in [0.5, 0.6) is 5.75 Å². The van der Waals surface area contributed by atoms with Crippen LogP contribution in [0.15, 0.2) is 24.3 Å². The molecule has 34 heavy (non-hydrogen) atoms. The summed E-state index contributed by atoms with van der Waals surface area (Å²) in [5.74, 6) is -1.48. The highest BCUT2D eigenvalue weighted by Gasteiger charge is 2.32. The number of benzene rings is 1. The average molecular weight is 472 g/mol. The number of amides is 4. The molecule has 10 nitrogen and oxygen atoms in total. The van der Waals surface area contributed by atoms with Crippen LogP contribution in [0, 0.1) is 11.8 Å². The smallest absolute Gasteiger partial charge is 0.268 e. The molecule has 0 bridgehead atoms. The first kappa shape index (κ1) is 25.1. The molecule has 0 aliphatic carbocycles. The van der Waals surface area contributed by atoms with Gasteiger partial charge in [0.25, 0.3) is 5.91 Å². The highest BCUT2D eigenvalue weighted by Crippen LogP contribution is 2.26. The minimum absolute atomic E-state index is 0.0935. The van der Waals surface area contributed by atoms with E-state index in [9.17, 15) is 19.2 Å². The number of ether oxygens (including phenoxy) is 1. The summed E-state index contributed by atoms with van der Waals surface area (Å²) in [4.78, 5) is 53.0. The fourth-order valence-electron chi connectivity index (χ4n) is 4.14. The Morgan fingerprint density at radius 3 is 2.59 bits per heavy atom. The number of nitrogens with two attached hydrogens (primary N) is 1. The lowest BCUT2D eigenvalue weighted by molar-refractivity contribution is -0.130. The van der Waals surface area contributed by atoms with Gasteiger partial charge < -0.3 is 31.4 Å². The fraction of sp³-hybridized carbons (Fsp3) is 0.500. The predicted molar refractivity (Wildman–Crippen MR) is 127 cm³/mol. The van der Waals surface area contributed by atoms with Crippen LogP contribution < -0.4 is 26.4 Å². The van der Waals surface area contributed by atoms with Gasteiger partial charge in [0.2, 0.25) is 17.7 Å². The number of rotatable bonds is 11. The van der Waals surface area contributed by atoms with Gasteiger partial charge in [-0.2, -0.15) is 0 Å². The van der Waals surface area contributed by atoms with E-state index >= 15 is 0 Å². The second kappa shape index (κ2) is 11.0. The van der Waals surface area contributed by atoms with E-state index in [0.717, 1.165) is 10.9 Å². The van der Waals surface area contributed by atoms with Gasteiger partial charge in [-0.1, -0.05) is 19.9 Å². The molecule has 1 aromatic carbocycles. The first-order valence-electron chi connectivity index (χ1n) is 11.6. The number of hydrogen-bond donors (Lipinski definition) is 5. The van der Waals surface area contributed by atoms with Gasteiger partial charge in [0.1, 0.15) is 23.5 Å². The molecule has 1 aromatic heterocycles. The number of carbonyl (C=O) groups is 4. The summed E-state index contributed by atoms with van der Waals surface area (Å²) in [6, 6.07) is 5.29. The van der Waals surface area contributed by atoms with Crippen molar-refractivity contribution in [1.29, 1.82) is 0 Å². The number of aromatic nitrogens is 1. The van der Waals surface area contributed by atoms with E-state index in [1.165, 1.54) is 0 Å². The average Bonchev–Trinajstić information content (AvgIpc) is 3.39. The Kier molecular flexibility index (Phi) is 8.14. The standard InChI is InChI=1S/C24H33N5O5/c1-4-34-20-7-5-6-16-15(20)12-19(27-16)24(33)29-18(10-13(2)3)23(32)28-17(21(25)30)11-14-8-9-26-22(14)31/h5-7,12-14,17-18,27H,4,8-11H2,1-3H3,(H2,25,30)(H,26,31)(H,28,32)(H,29,33)/t14-,17-,18-/m0/s1. The summed E-state index contributed by atoms with van der Waals surface area (Å²) in [6.07, 6.45) is 1.06. The van der Waals surface area contributed by atoms with Crippen molar-refractivity contribution in [3.8, 4) is 5.75 Å². The zero-order chi connectivity index (χ0) is 24.8. The first-order valence-corrected chi connectivity index (χ1v) is 11.6. The molecule has 1 aliphatic heterocycles. The Morgan fingerprint density at radius 1 is 1.21 bits per heavy atom. The molecule has 0 unspecified atom stereocenters. The summed E-state index contributed by atoms with van der Waals surface area (Å²) in [6.45, 7) is 6.76. The topological polar surface area (TPSA) is 155 Å².